The second-order valence-corrected chi connectivity index (χ2v) is 7.32. The zero-order valence-corrected chi connectivity index (χ0v) is 14.8. The van der Waals surface area contributed by atoms with Gasteiger partial charge in [-0.15, -0.1) is 11.8 Å². The van der Waals surface area contributed by atoms with Gasteiger partial charge in [-0.3, -0.25) is 9.59 Å². The van der Waals surface area contributed by atoms with E-state index in [2.05, 4.69) is 12.2 Å². The monoisotopic (exact) mass is 355 g/mol. The summed E-state index contributed by atoms with van der Waals surface area (Å²) in [6.45, 7) is 1.95. The van der Waals surface area contributed by atoms with Crippen molar-refractivity contribution in [1.82, 2.24) is 5.32 Å². The van der Waals surface area contributed by atoms with E-state index in [1.54, 1.807) is 12.1 Å². The minimum atomic E-state index is -0.392. The highest BCUT2D eigenvalue weighted by Gasteiger charge is 2.23. The van der Waals surface area contributed by atoms with Crippen molar-refractivity contribution < 1.29 is 14.3 Å². The molecule has 2 rings (SSSR count). The van der Waals surface area contributed by atoms with Gasteiger partial charge in [-0.05, 0) is 43.0 Å². The summed E-state index contributed by atoms with van der Waals surface area (Å²) in [5, 5.41) is 3.62. The highest BCUT2D eigenvalue weighted by molar-refractivity contribution is 8.00. The number of benzene rings is 1. The van der Waals surface area contributed by atoms with Crippen LogP contribution in [-0.4, -0.2) is 30.3 Å². The van der Waals surface area contributed by atoms with Gasteiger partial charge in [0.2, 0.25) is 0 Å². The maximum Gasteiger partial charge on any atom is 0.316 e. The largest absolute Gasteiger partial charge is 0.455 e. The van der Waals surface area contributed by atoms with Gasteiger partial charge < -0.3 is 10.1 Å². The number of carbonyl (C=O) groups excluding carboxylic acids is 2. The van der Waals surface area contributed by atoms with E-state index in [0.29, 0.717) is 10.9 Å². The molecule has 0 aliphatic heterocycles. The van der Waals surface area contributed by atoms with Crippen LogP contribution >= 0.6 is 23.4 Å². The van der Waals surface area contributed by atoms with Crippen LogP contribution in [0.5, 0.6) is 0 Å². The molecule has 2 unspecified atom stereocenters. The Bertz CT molecular complexity index is 535. The summed E-state index contributed by atoms with van der Waals surface area (Å²) in [5.74, 6) is 0.0589. The Balaban J connectivity index is 1.65. The number of hydrogen-bond acceptors (Lipinski definition) is 4. The van der Waals surface area contributed by atoms with Crippen LogP contribution in [0.25, 0.3) is 0 Å². The predicted molar refractivity (Wildman–Crippen MR) is 92.7 cm³/mol. The first-order valence-electron chi connectivity index (χ1n) is 7.88. The number of ether oxygens (including phenoxy) is 1. The lowest BCUT2D eigenvalue weighted by Crippen LogP contribution is -2.43. The van der Waals surface area contributed by atoms with Crippen LogP contribution in [0, 0.1) is 5.92 Å². The van der Waals surface area contributed by atoms with Crippen molar-refractivity contribution in [3.8, 4) is 0 Å². The number of hydrogen-bond donors (Lipinski definition) is 1. The van der Waals surface area contributed by atoms with Gasteiger partial charge in [-0.25, -0.2) is 0 Å². The molecule has 0 heterocycles. The highest BCUT2D eigenvalue weighted by Crippen LogP contribution is 2.23. The molecule has 1 aromatic carbocycles. The van der Waals surface area contributed by atoms with E-state index < -0.39 is 5.97 Å². The van der Waals surface area contributed by atoms with Gasteiger partial charge >= 0.3 is 5.97 Å². The SMILES string of the molecule is CC1CCCCC1NC(=O)COC(=O)CSc1ccc(Cl)cc1. The Morgan fingerprint density at radius 3 is 2.65 bits per heavy atom. The van der Waals surface area contributed by atoms with E-state index in [1.807, 2.05) is 12.1 Å². The van der Waals surface area contributed by atoms with E-state index in [4.69, 9.17) is 16.3 Å². The van der Waals surface area contributed by atoms with Gasteiger partial charge in [0.05, 0.1) is 5.75 Å². The van der Waals surface area contributed by atoms with Crippen LogP contribution in [0.2, 0.25) is 5.02 Å². The summed E-state index contributed by atoms with van der Waals surface area (Å²) in [4.78, 5) is 24.5. The first-order valence-corrected chi connectivity index (χ1v) is 9.24. The standard InChI is InChI=1S/C17H22ClNO3S/c1-12-4-2-3-5-15(12)19-16(20)10-22-17(21)11-23-14-8-6-13(18)7-9-14/h6-9,12,15H,2-5,10-11H2,1H3,(H,19,20). The average Bonchev–Trinajstić information content (AvgIpc) is 2.54. The van der Waals surface area contributed by atoms with Gasteiger partial charge in [-0.1, -0.05) is 31.4 Å². The number of nitrogens with one attached hydrogen (secondary N) is 1. The molecular formula is C17H22ClNO3S. The molecule has 1 fully saturated rings. The normalized spacial score (nSPS) is 20.8. The van der Waals surface area contributed by atoms with Crippen molar-refractivity contribution in [1.29, 1.82) is 0 Å². The molecule has 23 heavy (non-hydrogen) atoms. The molecule has 1 aromatic rings. The molecule has 6 heteroatoms. The molecule has 1 saturated carbocycles. The van der Waals surface area contributed by atoms with Crippen LogP contribution in [0.4, 0.5) is 0 Å². The molecule has 1 amide bonds. The maximum atomic E-state index is 11.9. The Labute approximate surface area is 146 Å². The lowest BCUT2D eigenvalue weighted by molar-refractivity contribution is -0.146. The molecule has 1 N–H and O–H groups in total. The second-order valence-electron chi connectivity index (χ2n) is 5.84. The summed E-state index contributed by atoms with van der Waals surface area (Å²) in [5.41, 5.74) is 0. The van der Waals surface area contributed by atoms with Crippen molar-refractivity contribution in [2.24, 2.45) is 5.92 Å². The van der Waals surface area contributed by atoms with E-state index in [0.717, 1.165) is 24.2 Å². The van der Waals surface area contributed by atoms with Crippen LogP contribution in [0.3, 0.4) is 0 Å². The molecule has 0 saturated heterocycles. The van der Waals surface area contributed by atoms with Crippen molar-refractivity contribution in [3.05, 3.63) is 29.3 Å². The molecular weight excluding hydrogens is 334 g/mol. The number of carbonyl (C=O) groups is 2. The van der Waals surface area contributed by atoms with Crippen molar-refractivity contribution in [2.45, 2.75) is 43.5 Å². The molecule has 0 bridgehead atoms. The summed E-state index contributed by atoms with van der Waals surface area (Å²) >= 11 is 7.16. The minimum absolute atomic E-state index is 0.175. The van der Waals surface area contributed by atoms with Gasteiger partial charge in [0.25, 0.3) is 5.91 Å². The summed E-state index contributed by atoms with van der Waals surface area (Å²) < 4.78 is 5.03. The summed E-state index contributed by atoms with van der Waals surface area (Å²) in [6, 6.07) is 7.44. The fourth-order valence-corrected chi connectivity index (χ4v) is 3.46. The maximum absolute atomic E-state index is 11.9. The van der Waals surface area contributed by atoms with E-state index in [9.17, 15) is 9.59 Å². The molecule has 0 radical (unpaired) electrons. The lowest BCUT2D eigenvalue weighted by Gasteiger charge is -2.29. The fraction of sp³-hybridized carbons (Fsp3) is 0.529. The van der Waals surface area contributed by atoms with Crippen LogP contribution in [0.15, 0.2) is 29.2 Å². The van der Waals surface area contributed by atoms with Gasteiger partial charge in [-0.2, -0.15) is 0 Å². The fourth-order valence-electron chi connectivity index (χ4n) is 2.64. The van der Waals surface area contributed by atoms with E-state index in [-0.39, 0.29) is 24.3 Å². The third-order valence-corrected chi connectivity index (χ3v) is 5.23. The Hall–Kier alpha value is -1.20. The Kier molecular flexibility index (Phi) is 7.24. The summed E-state index contributed by atoms with van der Waals surface area (Å²) in [6.07, 6.45) is 4.52. The first-order chi connectivity index (χ1) is 11.0. The smallest absolute Gasteiger partial charge is 0.316 e. The molecule has 0 spiro atoms. The van der Waals surface area contributed by atoms with Gasteiger partial charge in [0.1, 0.15) is 0 Å². The molecule has 2 atom stereocenters. The third-order valence-electron chi connectivity index (χ3n) is 3.99. The second kappa shape index (κ2) is 9.18. The molecule has 4 nitrogen and oxygen atoms in total. The minimum Gasteiger partial charge on any atom is -0.455 e. The zero-order chi connectivity index (χ0) is 16.7. The topological polar surface area (TPSA) is 55.4 Å². The van der Waals surface area contributed by atoms with Crippen molar-refractivity contribution in [3.63, 3.8) is 0 Å². The first kappa shape index (κ1) is 18.1. The van der Waals surface area contributed by atoms with Crippen molar-refractivity contribution in [2.75, 3.05) is 12.4 Å². The molecule has 126 valence electrons. The molecule has 0 aromatic heterocycles. The number of rotatable bonds is 6. The highest BCUT2D eigenvalue weighted by atomic mass is 35.5. The zero-order valence-electron chi connectivity index (χ0n) is 13.2. The van der Waals surface area contributed by atoms with Crippen LogP contribution in [0.1, 0.15) is 32.6 Å². The number of halogens is 1. The Morgan fingerprint density at radius 2 is 1.96 bits per heavy atom. The molecule has 1 aliphatic carbocycles. The van der Waals surface area contributed by atoms with Gasteiger partial charge in [0, 0.05) is 16.0 Å². The van der Waals surface area contributed by atoms with Crippen LogP contribution in [-0.2, 0) is 14.3 Å². The summed E-state index contributed by atoms with van der Waals surface area (Å²) in [7, 11) is 0. The van der Waals surface area contributed by atoms with E-state index >= 15 is 0 Å². The van der Waals surface area contributed by atoms with Crippen molar-refractivity contribution >= 4 is 35.2 Å². The predicted octanol–water partition coefficient (Wildman–Crippen LogP) is 3.67. The van der Waals surface area contributed by atoms with E-state index in [1.165, 1.54) is 18.2 Å². The van der Waals surface area contributed by atoms with Gasteiger partial charge in [0.15, 0.2) is 6.61 Å². The van der Waals surface area contributed by atoms with Crippen LogP contribution < -0.4 is 5.32 Å². The lowest BCUT2D eigenvalue weighted by atomic mass is 9.86. The quantitative estimate of drug-likeness (QED) is 0.625. The number of amides is 1. The molecule has 1 aliphatic rings. The average molecular weight is 356 g/mol. The Morgan fingerprint density at radius 1 is 1.26 bits per heavy atom. The third kappa shape index (κ3) is 6.43. The number of esters is 1. The number of thioether (sulfide) groups is 1.